The lowest BCUT2D eigenvalue weighted by atomic mass is 9.92. The summed E-state index contributed by atoms with van der Waals surface area (Å²) in [7, 11) is 0. The maximum atomic E-state index is 12.2. The van der Waals surface area contributed by atoms with E-state index < -0.39 is 0 Å². The van der Waals surface area contributed by atoms with Gasteiger partial charge in [0.05, 0.1) is 12.2 Å². The van der Waals surface area contributed by atoms with E-state index in [1.54, 1.807) is 17.1 Å². The minimum Gasteiger partial charge on any atom is -0.355 e. The van der Waals surface area contributed by atoms with Crippen LogP contribution in [0.3, 0.4) is 0 Å². The first-order valence-electron chi connectivity index (χ1n) is 9.58. The number of hydrogen-bond donors (Lipinski definition) is 0. The van der Waals surface area contributed by atoms with E-state index in [1.165, 1.54) is 24.1 Å². The molecule has 6 nitrogen and oxygen atoms in total. The van der Waals surface area contributed by atoms with Crippen LogP contribution in [0.1, 0.15) is 50.6 Å². The predicted octanol–water partition coefficient (Wildman–Crippen LogP) is 2.35. The molecule has 2 aromatic rings. The minimum atomic E-state index is -0.0544. The number of anilines is 1. The van der Waals surface area contributed by atoms with Crippen LogP contribution in [0.4, 0.5) is 5.82 Å². The molecule has 1 aliphatic carbocycles. The normalized spacial score (nSPS) is 17.7. The molecule has 0 unspecified atom stereocenters. The van der Waals surface area contributed by atoms with Crippen LogP contribution in [0.5, 0.6) is 0 Å². The summed E-state index contributed by atoms with van der Waals surface area (Å²) >= 11 is 0. The molecular formula is C20H27N5O. The van der Waals surface area contributed by atoms with E-state index in [1.807, 2.05) is 6.07 Å². The van der Waals surface area contributed by atoms with Crippen LogP contribution >= 0.6 is 0 Å². The Labute approximate surface area is 154 Å². The first-order valence-corrected chi connectivity index (χ1v) is 9.58. The number of nitrogens with zero attached hydrogens (tertiary/aromatic N) is 5. The van der Waals surface area contributed by atoms with Crippen LogP contribution in [0.15, 0.2) is 23.3 Å². The van der Waals surface area contributed by atoms with Gasteiger partial charge in [-0.3, -0.25) is 4.79 Å². The molecule has 0 spiro atoms. The third kappa shape index (κ3) is 3.24. The Hall–Kier alpha value is -2.24. The molecule has 1 saturated heterocycles. The second-order valence-corrected chi connectivity index (χ2v) is 8.59. The SMILES string of the molecule is CC(C)(C)c1ccc(=O)n(CC2CN(c3ncnc4c3CCCC4)C2)n1. The number of fused-ring (bicyclic) bond motifs is 1. The monoisotopic (exact) mass is 353 g/mol. The Morgan fingerprint density at radius 2 is 1.88 bits per heavy atom. The van der Waals surface area contributed by atoms with Crippen LogP contribution in [0, 0.1) is 5.92 Å². The molecule has 3 heterocycles. The van der Waals surface area contributed by atoms with Gasteiger partial charge in [0.2, 0.25) is 0 Å². The first-order chi connectivity index (χ1) is 12.4. The zero-order valence-corrected chi connectivity index (χ0v) is 15.9. The van der Waals surface area contributed by atoms with Crippen molar-refractivity contribution in [2.45, 2.75) is 58.4 Å². The van der Waals surface area contributed by atoms with Crippen molar-refractivity contribution in [2.75, 3.05) is 18.0 Å². The number of hydrogen-bond acceptors (Lipinski definition) is 5. The van der Waals surface area contributed by atoms with Crippen molar-refractivity contribution in [3.8, 4) is 0 Å². The van der Waals surface area contributed by atoms with Crippen molar-refractivity contribution >= 4 is 5.82 Å². The Bertz CT molecular complexity index is 861. The Kier molecular flexibility index (Phi) is 4.29. The smallest absolute Gasteiger partial charge is 0.266 e. The summed E-state index contributed by atoms with van der Waals surface area (Å²) in [6, 6.07) is 3.49. The first kappa shape index (κ1) is 17.2. The third-order valence-electron chi connectivity index (χ3n) is 5.43. The molecule has 2 aliphatic rings. The van der Waals surface area contributed by atoms with E-state index in [0.717, 1.165) is 37.4 Å². The van der Waals surface area contributed by atoms with Gasteiger partial charge in [0.1, 0.15) is 12.1 Å². The molecule has 0 radical (unpaired) electrons. The average molecular weight is 353 g/mol. The van der Waals surface area contributed by atoms with E-state index in [2.05, 4.69) is 40.7 Å². The Morgan fingerprint density at radius 1 is 1.12 bits per heavy atom. The van der Waals surface area contributed by atoms with Gasteiger partial charge in [-0.1, -0.05) is 20.8 Å². The highest BCUT2D eigenvalue weighted by Crippen LogP contribution is 2.31. The molecule has 138 valence electrons. The van der Waals surface area contributed by atoms with Gasteiger partial charge in [0.15, 0.2) is 0 Å². The second kappa shape index (κ2) is 6.49. The number of rotatable bonds is 3. The van der Waals surface area contributed by atoms with Gasteiger partial charge in [0.25, 0.3) is 5.56 Å². The number of aromatic nitrogens is 4. The van der Waals surface area contributed by atoms with Gasteiger partial charge in [-0.15, -0.1) is 0 Å². The van der Waals surface area contributed by atoms with E-state index >= 15 is 0 Å². The molecule has 0 N–H and O–H groups in total. The summed E-state index contributed by atoms with van der Waals surface area (Å²) < 4.78 is 1.64. The van der Waals surface area contributed by atoms with Gasteiger partial charge in [-0.05, 0) is 31.7 Å². The van der Waals surface area contributed by atoms with Gasteiger partial charge in [0, 0.05) is 41.7 Å². The topological polar surface area (TPSA) is 63.9 Å². The molecule has 4 rings (SSSR count). The summed E-state index contributed by atoms with van der Waals surface area (Å²) in [6.45, 7) is 8.88. The van der Waals surface area contributed by atoms with Crippen LogP contribution in [-0.4, -0.2) is 32.8 Å². The molecule has 26 heavy (non-hydrogen) atoms. The van der Waals surface area contributed by atoms with Gasteiger partial charge >= 0.3 is 0 Å². The average Bonchev–Trinajstić information content (AvgIpc) is 2.58. The largest absolute Gasteiger partial charge is 0.355 e. The minimum absolute atomic E-state index is 0.0177. The summed E-state index contributed by atoms with van der Waals surface area (Å²) in [4.78, 5) is 23.5. The molecule has 0 aromatic carbocycles. The fourth-order valence-electron chi connectivity index (χ4n) is 3.86. The van der Waals surface area contributed by atoms with Crippen LogP contribution in [-0.2, 0) is 24.8 Å². The van der Waals surface area contributed by atoms with Crippen molar-refractivity contribution in [1.82, 2.24) is 19.7 Å². The zero-order valence-electron chi connectivity index (χ0n) is 15.9. The molecule has 0 bridgehead atoms. The maximum Gasteiger partial charge on any atom is 0.266 e. The summed E-state index contributed by atoms with van der Waals surface area (Å²) in [6.07, 6.45) is 6.31. The van der Waals surface area contributed by atoms with Crippen molar-refractivity contribution in [1.29, 1.82) is 0 Å². The molecule has 1 fully saturated rings. The Morgan fingerprint density at radius 3 is 2.65 bits per heavy atom. The summed E-state index contributed by atoms with van der Waals surface area (Å²) in [5.74, 6) is 1.54. The van der Waals surface area contributed by atoms with Crippen LogP contribution < -0.4 is 10.5 Å². The van der Waals surface area contributed by atoms with Gasteiger partial charge in [-0.2, -0.15) is 5.10 Å². The van der Waals surface area contributed by atoms with Crippen molar-refractivity contribution in [3.05, 3.63) is 45.8 Å². The summed E-state index contributed by atoms with van der Waals surface area (Å²) in [5, 5.41) is 4.59. The second-order valence-electron chi connectivity index (χ2n) is 8.59. The third-order valence-corrected chi connectivity index (χ3v) is 5.43. The highest BCUT2D eigenvalue weighted by atomic mass is 16.1. The van der Waals surface area contributed by atoms with Gasteiger partial charge < -0.3 is 4.90 Å². The van der Waals surface area contributed by atoms with Crippen molar-refractivity contribution in [3.63, 3.8) is 0 Å². The van der Waals surface area contributed by atoms with Crippen molar-refractivity contribution < 1.29 is 0 Å². The predicted molar refractivity (Wildman–Crippen MR) is 102 cm³/mol. The van der Waals surface area contributed by atoms with E-state index in [4.69, 9.17) is 0 Å². The molecule has 2 aromatic heterocycles. The molecule has 6 heteroatoms. The van der Waals surface area contributed by atoms with Crippen LogP contribution in [0.25, 0.3) is 0 Å². The lowest BCUT2D eigenvalue weighted by Crippen LogP contribution is -2.50. The maximum absolute atomic E-state index is 12.2. The van der Waals surface area contributed by atoms with Gasteiger partial charge in [-0.25, -0.2) is 14.6 Å². The molecule has 1 aliphatic heterocycles. The molecule has 0 saturated carbocycles. The lowest BCUT2D eigenvalue weighted by molar-refractivity contribution is 0.327. The quantitative estimate of drug-likeness (QED) is 0.847. The molecule has 0 amide bonds. The highest BCUT2D eigenvalue weighted by Gasteiger charge is 2.31. The van der Waals surface area contributed by atoms with Crippen molar-refractivity contribution in [2.24, 2.45) is 5.92 Å². The van der Waals surface area contributed by atoms with E-state index in [-0.39, 0.29) is 11.0 Å². The lowest BCUT2D eigenvalue weighted by Gasteiger charge is -2.41. The van der Waals surface area contributed by atoms with E-state index in [0.29, 0.717) is 12.5 Å². The fraction of sp³-hybridized carbons (Fsp3) is 0.600. The van der Waals surface area contributed by atoms with E-state index in [9.17, 15) is 4.79 Å². The Balaban J connectivity index is 1.46. The fourth-order valence-corrected chi connectivity index (χ4v) is 3.86. The number of aryl methyl sites for hydroxylation is 1. The highest BCUT2D eigenvalue weighted by molar-refractivity contribution is 5.51. The molecule has 0 atom stereocenters. The van der Waals surface area contributed by atoms with Crippen LogP contribution in [0.2, 0.25) is 0 Å². The summed E-state index contributed by atoms with van der Waals surface area (Å²) in [5.41, 5.74) is 3.44. The zero-order chi connectivity index (χ0) is 18.3. The molecular weight excluding hydrogens is 326 g/mol. The standard InChI is InChI=1S/C20H27N5O/c1-20(2,3)17-8-9-18(26)25(23-17)12-14-10-24(11-14)19-15-6-4-5-7-16(15)21-13-22-19/h8-9,13-14H,4-7,10-12H2,1-3H3.